The van der Waals surface area contributed by atoms with E-state index >= 15 is 0 Å². The zero-order valence-corrected chi connectivity index (χ0v) is 12.4. The normalized spacial score (nSPS) is 15.7. The molecule has 19 heavy (non-hydrogen) atoms. The summed E-state index contributed by atoms with van der Waals surface area (Å²) in [4.78, 5) is 12.1. The van der Waals surface area contributed by atoms with Gasteiger partial charge in [0.2, 0.25) is 5.91 Å². The summed E-state index contributed by atoms with van der Waals surface area (Å²) in [6.45, 7) is 5.36. The molecule has 0 aromatic heterocycles. The highest BCUT2D eigenvalue weighted by molar-refractivity contribution is 6.35. The smallest absolute Gasteiger partial charge is 0.247 e. The number of amides is 1. The lowest BCUT2D eigenvalue weighted by Crippen LogP contribution is -2.38. The lowest BCUT2D eigenvalue weighted by atomic mass is 10.0. The van der Waals surface area contributed by atoms with Crippen molar-refractivity contribution in [2.45, 2.75) is 19.9 Å². The minimum atomic E-state index is -0.152. The summed E-state index contributed by atoms with van der Waals surface area (Å²) >= 11 is 12.0. The molecule has 0 aliphatic carbocycles. The van der Waals surface area contributed by atoms with E-state index in [1.54, 1.807) is 12.1 Å². The maximum Gasteiger partial charge on any atom is 0.247 e. The van der Waals surface area contributed by atoms with Gasteiger partial charge < -0.3 is 10.6 Å². The van der Waals surface area contributed by atoms with Crippen LogP contribution in [0.15, 0.2) is 29.3 Å². The van der Waals surface area contributed by atoms with E-state index in [0.29, 0.717) is 10.0 Å². The number of carbonyl (C=O) groups excluding carboxylic acids is 1. The number of hydrogen-bond donors (Lipinski definition) is 2. The molecule has 0 radical (unpaired) electrons. The van der Waals surface area contributed by atoms with Gasteiger partial charge >= 0.3 is 0 Å². The first-order chi connectivity index (χ1) is 8.99. The second-order valence-electron chi connectivity index (χ2n) is 4.69. The van der Waals surface area contributed by atoms with Crippen molar-refractivity contribution in [2.24, 2.45) is 0 Å². The number of nitrogens with one attached hydrogen (secondary N) is 2. The highest BCUT2D eigenvalue weighted by Crippen LogP contribution is 2.26. The van der Waals surface area contributed by atoms with Gasteiger partial charge in [0.15, 0.2) is 0 Å². The molecule has 1 fully saturated rings. The van der Waals surface area contributed by atoms with Crippen LogP contribution >= 0.6 is 23.2 Å². The average molecular weight is 299 g/mol. The third-order valence-corrected chi connectivity index (χ3v) is 3.89. The van der Waals surface area contributed by atoms with Crippen LogP contribution in [0, 0.1) is 0 Å². The minimum absolute atomic E-state index is 0.0463. The Labute approximate surface area is 123 Å². The van der Waals surface area contributed by atoms with Crippen molar-refractivity contribution in [2.75, 3.05) is 13.1 Å². The lowest BCUT2D eigenvalue weighted by molar-refractivity contribution is -0.118. The fourth-order valence-corrected chi connectivity index (χ4v) is 2.48. The topological polar surface area (TPSA) is 41.1 Å². The first-order valence-corrected chi connectivity index (χ1v) is 6.89. The van der Waals surface area contributed by atoms with Gasteiger partial charge in [0.25, 0.3) is 0 Å². The van der Waals surface area contributed by atoms with Gasteiger partial charge in [-0.15, -0.1) is 0 Å². The molecule has 3 nitrogen and oxygen atoms in total. The average Bonchev–Trinajstić information content (AvgIpc) is 2.25. The summed E-state index contributed by atoms with van der Waals surface area (Å²) in [7, 11) is 0. The number of rotatable bonds is 3. The van der Waals surface area contributed by atoms with Gasteiger partial charge in [-0.1, -0.05) is 29.3 Å². The van der Waals surface area contributed by atoms with Crippen LogP contribution in [-0.2, 0) is 4.79 Å². The zero-order chi connectivity index (χ0) is 14.0. The quantitative estimate of drug-likeness (QED) is 0.842. The fraction of sp³-hybridized carbons (Fsp3) is 0.357. The third kappa shape index (κ3) is 3.30. The summed E-state index contributed by atoms with van der Waals surface area (Å²) in [6.07, 6.45) is 0. The maximum atomic E-state index is 12.1. The van der Waals surface area contributed by atoms with E-state index in [9.17, 15) is 4.79 Å². The van der Waals surface area contributed by atoms with E-state index in [4.69, 9.17) is 23.2 Å². The van der Waals surface area contributed by atoms with Gasteiger partial charge in [-0.2, -0.15) is 0 Å². The third-order valence-electron chi connectivity index (χ3n) is 3.32. The van der Waals surface area contributed by atoms with E-state index in [2.05, 4.69) is 10.6 Å². The van der Waals surface area contributed by atoms with Crippen LogP contribution in [0.3, 0.4) is 0 Å². The van der Waals surface area contributed by atoms with Gasteiger partial charge in [0.05, 0.1) is 6.04 Å². The second kappa shape index (κ2) is 5.95. The second-order valence-corrected chi connectivity index (χ2v) is 5.54. The van der Waals surface area contributed by atoms with E-state index in [1.807, 2.05) is 19.9 Å². The summed E-state index contributed by atoms with van der Waals surface area (Å²) in [5.41, 5.74) is 2.81. The number of hydrogen-bond acceptors (Lipinski definition) is 2. The molecule has 2 N–H and O–H groups in total. The molecule has 102 valence electrons. The van der Waals surface area contributed by atoms with Crippen molar-refractivity contribution in [1.29, 1.82) is 0 Å². The number of benzene rings is 1. The molecule has 1 saturated heterocycles. The van der Waals surface area contributed by atoms with Gasteiger partial charge in [-0.05, 0) is 37.1 Å². The van der Waals surface area contributed by atoms with Crippen LogP contribution in [0.1, 0.15) is 25.5 Å². The number of halogens is 2. The Morgan fingerprint density at radius 1 is 1.37 bits per heavy atom. The van der Waals surface area contributed by atoms with Crippen molar-refractivity contribution < 1.29 is 4.79 Å². The van der Waals surface area contributed by atoms with Crippen LogP contribution in [0.25, 0.3) is 0 Å². The molecule has 5 heteroatoms. The molecule has 1 aromatic carbocycles. The van der Waals surface area contributed by atoms with Crippen molar-refractivity contribution in [1.82, 2.24) is 10.6 Å². The molecule has 1 amide bonds. The van der Waals surface area contributed by atoms with Crippen LogP contribution in [0.4, 0.5) is 0 Å². The largest absolute Gasteiger partial charge is 0.346 e. The Morgan fingerprint density at radius 3 is 2.58 bits per heavy atom. The standard InChI is InChI=1S/C14H16Cl2N2O/c1-8(10-6-17-7-10)14(19)18-9(2)12-4-3-11(15)5-13(12)16/h3-5,9,17H,6-7H2,1-2H3,(H,18,19). The summed E-state index contributed by atoms with van der Waals surface area (Å²) in [5.74, 6) is -0.0463. The molecule has 0 bridgehead atoms. The zero-order valence-electron chi connectivity index (χ0n) is 10.9. The molecule has 2 rings (SSSR count). The molecule has 1 aliphatic heterocycles. The SMILES string of the molecule is CC(C(=O)NC(C)c1ccc(Cl)cc1Cl)=C1CNC1. The Hall–Kier alpha value is -1.03. The highest BCUT2D eigenvalue weighted by atomic mass is 35.5. The first kappa shape index (κ1) is 14.4. The molecule has 1 aliphatic rings. The van der Waals surface area contributed by atoms with E-state index < -0.39 is 0 Å². The van der Waals surface area contributed by atoms with Crippen LogP contribution in [0.2, 0.25) is 10.0 Å². The van der Waals surface area contributed by atoms with Crippen molar-refractivity contribution >= 4 is 29.1 Å². The molecular weight excluding hydrogens is 283 g/mol. The molecule has 1 aromatic rings. The fourth-order valence-electron chi connectivity index (χ4n) is 1.91. The maximum absolute atomic E-state index is 12.1. The van der Waals surface area contributed by atoms with Crippen LogP contribution < -0.4 is 10.6 Å². The highest BCUT2D eigenvalue weighted by Gasteiger charge is 2.18. The minimum Gasteiger partial charge on any atom is -0.346 e. The Bertz CT molecular complexity index is 534. The Balaban J connectivity index is 2.08. The van der Waals surface area contributed by atoms with Crippen molar-refractivity contribution in [3.05, 3.63) is 45.0 Å². The monoisotopic (exact) mass is 298 g/mol. The summed E-state index contributed by atoms with van der Waals surface area (Å²) in [6, 6.07) is 5.14. The van der Waals surface area contributed by atoms with Gasteiger partial charge in [0, 0.05) is 28.7 Å². The molecule has 1 atom stereocenters. The molecule has 1 heterocycles. The van der Waals surface area contributed by atoms with E-state index in [0.717, 1.165) is 29.8 Å². The van der Waals surface area contributed by atoms with E-state index in [-0.39, 0.29) is 11.9 Å². The van der Waals surface area contributed by atoms with Crippen LogP contribution in [-0.4, -0.2) is 19.0 Å². The molecular formula is C14H16Cl2N2O. The summed E-state index contributed by atoms with van der Waals surface area (Å²) < 4.78 is 0. The van der Waals surface area contributed by atoms with E-state index in [1.165, 1.54) is 0 Å². The van der Waals surface area contributed by atoms with Crippen LogP contribution in [0.5, 0.6) is 0 Å². The molecule has 0 spiro atoms. The Morgan fingerprint density at radius 2 is 2.05 bits per heavy atom. The predicted molar refractivity (Wildman–Crippen MR) is 78.6 cm³/mol. The lowest BCUT2D eigenvalue weighted by Gasteiger charge is -2.23. The van der Waals surface area contributed by atoms with Gasteiger partial charge in [-0.3, -0.25) is 4.79 Å². The predicted octanol–water partition coefficient (Wildman–Crippen LogP) is 3.09. The number of carbonyl (C=O) groups is 1. The first-order valence-electron chi connectivity index (χ1n) is 6.14. The van der Waals surface area contributed by atoms with Crippen molar-refractivity contribution in [3.63, 3.8) is 0 Å². The van der Waals surface area contributed by atoms with Gasteiger partial charge in [-0.25, -0.2) is 0 Å². The van der Waals surface area contributed by atoms with Gasteiger partial charge in [0.1, 0.15) is 0 Å². The Kier molecular flexibility index (Phi) is 4.50. The molecule has 1 unspecified atom stereocenters. The summed E-state index contributed by atoms with van der Waals surface area (Å²) in [5, 5.41) is 7.23. The van der Waals surface area contributed by atoms with Crippen molar-refractivity contribution in [3.8, 4) is 0 Å². The molecule has 0 saturated carbocycles.